The van der Waals surface area contributed by atoms with Gasteiger partial charge >= 0.3 is 0 Å². The van der Waals surface area contributed by atoms with Crippen molar-refractivity contribution >= 4 is 17.4 Å². The normalized spacial score (nSPS) is 14.5. The van der Waals surface area contributed by atoms with Crippen LogP contribution in [-0.2, 0) is 4.79 Å². The molecular weight excluding hydrogens is 166 g/mol. The number of carbonyl (C=O) groups excluding carboxylic acids is 1. The van der Waals surface area contributed by atoms with Crippen LogP contribution in [-0.4, -0.2) is 17.4 Å². The highest BCUT2D eigenvalue weighted by Crippen LogP contribution is 2.26. The SMILES string of the molecule is Cc1cc(C)c2c(n1)NCC(=O)N2. The second-order valence-corrected chi connectivity index (χ2v) is 3.21. The zero-order valence-corrected chi connectivity index (χ0v) is 7.64. The van der Waals surface area contributed by atoms with Crippen LogP contribution < -0.4 is 10.6 Å². The fraction of sp³-hybridized carbons (Fsp3) is 0.333. The van der Waals surface area contributed by atoms with Crippen LogP contribution in [0.3, 0.4) is 0 Å². The van der Waals surface area contributed by atoms with Gasteiger partial charge in [0.15, 0.2) is 5.82 Å². The van der Waals surface area contributed by atoms with Crippen molar-refractivity contribution in [2.45, 2.75) is 13.8 Å². The second-order valence-electron chi connectivity index (χ2n) is 3.21. The number of amides is 1. The highest BCUT2D eigenvalue weighted by atomic mass is 16.2. The summed E-state index contributed by atoms with van der Waals surface area (Å²) in [6, 6.07) is 1.95. The predicted molar refractivity (Wildman–Crippen MR) is 50.8 cm³/mol. The lowest BCUT2D eigenvalue weighted by Gasteiger charge is -2.19. The lowest BCUT2D eigenvalue weighted by atomic mass is 10.2. The Labute approximate surface area is 76.4 Å². The Morgan fingerprint density at radius 2 is 2.23 bits per heavy atom. The van der Waals surface area contributed by atoms with E-state index in [0.29, 0.717) is 6.54 Å². The molecule has 0 fully saturated rings. The molecule has 0 aromatic carbocycles. The van der Waals surface area contributed by atoms with Crippen molar-refractivity contribution in [2.24, 2.45) is 0 Å². The first kappa shape index (κ1) is 8.04. The van der Waals surface area contributed by atoms with E-state index in [1.807, 2.05) is 19.9 Å². The molecule has 1 aromatic heterocycles. The van der Waals surface area contributed by atoms with Crippen molar-refractivity contribution < 1.29 is 4.79 Å². The zero-order chi connectivity index (χ0) is 9.42. The lowest BCUT2D eigenvalue weighted by molar-refractivity contribution is -0.114. The molecule has 0 aliphatic carbocycles. The number of aromatic nitrogens is 1. The van der Waals surface area contributed by atoms with E-state index in [4.69, 9.17) is 0 Å². The van der Waals surface area contributed by atoms with Gasteiger partial charge in [-0.2, -0.15) is 0 Å². The van der Waals surface area contributed by atoms with Gasteiger partial charge in [-0.1, -0.05) is 0 Å². The number of nitrogens with one attached hydrogen (secondary N) is 2. The van der Waals surface area contributed by atoms with E-state index < -0.39 is 0 Å². The fourth-order valence-corrected chi connectivity index (χ4v) is 1.47. The maximum atomic E-state index is 11.1. The number of carbonyl (C=O) groups is 1. The molecule has 0 unspecified atom stereocenters. The molecule has 2 heterocycles. The average molecular weight is 177 g/mol. The molecule has 13 heavy (non-hydrogen) atoms. The maximum absolute atomic E-state index is 11.1. The van der Waals surface area contributed by atoms with Crippen molar-refractivity contribution in [1.29, 1.82) is 0 Å². The van der Waals surface area contributed by atoms with Gasteiger partial charge < -0.3 is 10.6 Å². The van der Waals surface area contributed by atoms with Crippen molar-refractivity contribution in [3.8, 4) is 0 Å². The number of nitrogens with zero attached hydrogens (tertiary/aromatic N) is 1. The van der Waals surface area contributed by atoms with Crippen LogP contribution in [0, 0.1) is 13.8 Å². The molecule has 4 nitrogen and oxygen atoms in total. The van der Waals surface area contributed by atoms with Crippen LogP contribution in [0.1, 0.15) is 11.3 Å². The molecule has 4 heteroatoms. The van der Waals surface area contributed by atoms with Crippen LogP contribution in [0.5, 0.6) is 0 Å². The number of hydrogen-bond acceptors (Lipinski definition) is 3. The van der Waals surface area contributed by atoms with E-state index in [2.05, 4.69) is 15.6 Å². The molecule has 1 aliphatic heterocycles. The van der Waals surface area contributed by atoms with Gasteiger partial charge in [-0.3, -0.25) is 4.79 Å². The standard InChI is InChI=1S/C9H11N3O/c1-5-3-6(2)11-9-8(5)12-7(13)4-10-9/h3H,4H2,1-2H3,(H,10,11)(H,12,13). The number of hydrogen-bond donors (Lipinski definition) is 2. The van der Waals surface area contributed by atoms with Gasteiger partial charge in [0.05, 0.1) is 12.2 Å². The Bertz CT molecular complexity index is 373. The van der Waals surface area contributed by atoms with Crippen molar-refractivity contribution in [3.05, 3.63) is 17.3 Å². The third kappa shape index (κ3) is 1.35. The molecule has 0 radical (unpaired) electrons. The summed E-state index contributed by atoms with van der Waals surface area (Å²) in [6.07, 6.45) is 0. The third-order valence-corrected chi connectivity index (χ3v) is 2.03. The summed E-state index contributed by atoms with van der Waals surface area (Å²) in [6.45, 7) is 4.20. The Morgan fingerprint density at radius 3 is 3.00 bits per heavy atom. The van der Waals surface area contributed by atoms with Gasteiger partial charge in [0.1, 0.15) is 0 Å². The number of pyridine rings is 1. The van der Waals surface area contributed by atoms with Crippen LogP contribution in [0.4, 0.5) is 11.5 Å². The molecule has 0 bridgehead atoms. The van der Waals surface area contributed by atoms with Crippen LogP contribution in [0.2, 0.25) is 0 Å². The van der Waals surface area contributed by atoms with Gasteiger partial charge in [0, 0.05) is 5.69 Å². The summed E-state index contributed by atoms with van der Waals surface area (Å²) in [5, 5.41) is 5.76. The topological polar surface area (TPSA) is 54.0 Å². The number of rotatable bonds is 0. The van der Waals surface area contributed by atoms with Gasteiger partial charge in [-0.05, 0) is 25.5 Å². The monoisotopic (exact) mass is 177 g/mol. The Morgan fingerprint density at radius 1 is 1.46 bits per heavy atom. The molecule has 0 atom stereocenters. The summed E-state index contributed by atoms with van der Waals surface area (Å²) in [4.78, 5) is 15.3. The minimum atomic E-state index is -0.0127. The Hall–Kier alpha value is -1.58. The first-order valence-corrected chi connectivity index (χ1v) is 4.19. The molecule has 1 aromatic rings. The number of aryl methyl sites for hydroxylation is 2. The fourth-order valence-electron chi connectivity index (χ4n) is 1.47. The van der Waals surface area contributed by atoms with Gasteiger partial charge in [0.2, 0.25) is 5.91 Å². The summed E-state index contributed by atoms with van der Waals surface area (Å²) < 4.78 is 0. The van der Waals surface area contributed by atoms with E-state index in [0.717, 1.165) is 22.8 Å². The smallest absolute Gasteiger partial charge is 0.243 e. The van der Waals surface area contributed by atoms with E-state index in [1.54, 1.807) is 0 Å². The molecule has 1 amide bonds. The molecule has 0 spiro atoms. The molecule has 2 N–H and O–H groups in total. The summed E-state index contributed by atoms with van der Waals surface area (Å²) in [5.74, 6) is 0.762. The van der Waals surface area contributed by atoms with Gasteiger partial charge in [-0.15, -0.1) is 0 Å². The minimum Gasteiger partial charge on any atom is -0.359 e. The minimum absolute atomic E-state index is 0.0127. The first-order chi connectivity index (χ1) is 6.16. The molecule has 2 rings (SSSR count). The summed E-state index contributed by atoms with van der Waals surface area (Å²) >= 11 is 0. The molecule has 0 saturated carbocycles. The van der Waals surface area contributed by atoms with E-state index in [9.17, 15) is 4.79 Å². The molecular formula is C9H11N3O. The van der Waals surface area contributed by atoms with Crippen molar-refractivity contribution in [1.82, 2.24) is 4.98 Å². The highest BCUT2D eigenvalue weighted by Gasteiger charge is 2.16. The Balaban J connectivity index is 2.53. The van der Waals surface area contributed by atoms with Crippen molar-refractivity contribution in [2.75, 3.05) is 17.2 Å². The largest absolute Gasteiger partial charge is 0.359 e. The van der Waals surface area contributed by atoms with Gasteiger partial charge in [-0.25, -0.2) is 4.98 Å². The second kappa shape index (κ2) is 2.73. The van der Waals surface area contributed by atoms with Crippen LogP contribution in [0.25, 0.3) is 0 Å². The molecule has 0 saturated heterocycles. The summed E-state index contributed by atoms with van der Waals surface area (Å²) in [5.41, 5.74) is 2.81. The van der Waals surface area contributed by atoms with Crippen LogP contribution in [0.15, 0.2) is 6.07 Å². The summed E-state index contributed by atoms with van der Waals surface area (Å²) in [7, 11) is 0. The van der Waals surface area contributed by atoms with E-state index in [1.165, 1.54) is 0 Å². The van der Waals surface area contributed by atoms with E-state index in [-0.39, 0.29) is 5.91 Å². The number of fused-ring (bicyclic) bond motifs is 1. The zero-order valence-electron chi connectivity index (χ0n) is 7.64. The average Bonchev–Trinajstić information content (AvgIpc) is 2.06. The number of anilines is 2. The quantitative estimate of drug-likeness (QED) is 0.623. The first-order valence-electron chi connectivity index (χ1n) is 4.19. The highest BCUT2D eigenvalue weighted by molar-refractivity contribution is 6.00. The van der Waals surface area contributed by atoms with Gasteiger partial charge in [0.25, 0.3) is 0 Å². The Kier molecular flexibility index (Phi) is 1.69. The van der Waals surface area contributed by atoms with Crippen LogP contribution >= 0.6 is 0 Å². The third-order valence-electron chi connectivity index (χ3n) is 2.03. The molecule has 1 aliphatic rings. The lowest BCUT2D eigenvalue weighted by Crippen LogP contribution is -2.28. The van der Waals surface area contributed by atoms with E-state index >= 15 is 0 Å². The molecule has 68 valence electrons. The maximum Gasteiger partial charge on any atom is 0.243 e. The van der Waals surface area contributed by atoms with Crippen molar-refractivity contribution in [3.63, 3.8) is 0 Å². The predicted octanol–water partition coefficient (Wildman–Crippen LogP) is 1.06.